The van der Waals surface area contributed by atoms with E-state index in [0.29, 0.717) is 0 Å². The summed E-state index contributed by atoms with van der Waals surface area (Å²) in [5, 5.41) is 13.0. The van der Waals surface area contributed by atoms with Gasteiger partial charge in [0.05, 0.1) is 18.7 Å². The van der Waals surface area contributed by atoms with Crippen molar-refractivity contribution >= 4 is 0 Å². The first-order valence-electron chi connectivity index (χ1n) is 10.3. The third-order valence-corrected chi connectivity index (χ3v) is 6.13. The normalized spacial score (nSPS) is 15.7. The fourth-order valence-electron chi connectivity index (χ4n) is 3.99. The molecule has 0 saturated heterocycles. The van der Waals surface area contributed by atoms with E-state index in [1.165, 1.54) is 16.7 Å². The summed E-state index contributed by atoms with van der Waals surface area (Å²) in [6.07, 6.45) is 1.98. The van der Waals surface area contributed by atoms with Crippen molar-refractivity contribution in [1.29, 1.82) is 0 Å². The van der Waals surface area contributed by atoms with Crippen LogP contribution < -0.4 is 4.74 Å². The Balaban J connectivity index is 1.78. The van der Waals surface area contributed by atoms with E-state index in [4.69, 9.17) is 4.74 Å². The molecule has 3 aromatic rings. The maximum absolute atomic E-state index is 5.37. The van der Waals surface area contributed by atoms with Crippen LogP contribution in [0.2, 0.25) is 0 Å². The standard InChI is InChI=1S/C23H29N5O/c1-5-23(2,3)28-22(24-25-26-28)21(18-10-12-20(29-4)13-11-18)27-15-14-17-8-6-7-9-19(17)16-27/h6-13,21H,5,14-16H2,1-4H3/t21-/m1/s1. The number of methoxy groups -OCH3 is 1. The lowest BCUT2D eigenvalue weighted by molar-refractivity contribution is 0.181. The molecule has 0 saturated carbocycles. The Morgan fingerprint density at radius 1 is 1.07 bits per heavy atom. The van der Waals surface area contributed by atoms with Crippen molar-refractivity contribution in [2.45, 2.75) is 51.7 Å². The molecular formula is C23H29N5O. The average molecular weight is 392 g/mol. The molecule has 6 heteroatoms. The largest absolute Gasteiger partial charge is 0.497 e. The van der Waals surface area contributed by atoms with Crippen molar-refractivity contribution < 1.29 is 4.74 Å². The van der Waals surface area contributed by atoms with Gasteiger partial charge in [0.2, 0.25) is 0 Å². The van der Waals surface area contributed by atoms with Gasteiger partial charge in [-0.25, -0.2) is 4.68 Å². The minimum Gasteiger partial charge on any atom is -0.497 e. The molecule has 1 atom stereocenters. The third kappa shape index (κ3) is 3.77. The lowest BCUT2D eigenvalue weighted by Crippen LogP contribution is -2.38. The number of hydrogen-bond acceptors (Lipinski definition) is 5. The Bertz CT molecular complexity index is 963. The molecule has 0 unspecified atom stereocenters. The lowest BCUT2D eigenvalue weighted by Gasteiger charge is -2.36. The number of hydrogen-bond donors (Lipinski definition) is 0. The Morgan fingerprint density at radius 2 is 1.79 bits per heavy atom. The van der Waals surface area contributed by atoms with Crippen LogP contribution in [0.1, 0.15) is 55.7 Å². The predicted molar refractivity (Wildman–Crippen MR) is 113 cm³/mol. The molecule has 0 radical (unpaired) electrons. The molecule has 4 rings (SSSR count). The number of fused-ring (bicyclic) bond motifs is 1. The number of rotatable bonds is 6. The Kier molecular flexibility index (Phi) is 5.37. The maximum atomic E-state index is 5.37. The van der Waals surface area contributed by atoms with E-state index in [2.05, 4.69) is 77.6 Å². The molecule has 2 aromatic carbocycles. The summed E-state index contributed by atoms with van der Waals surface area (Å²) in [6.45, 7) is 8.39. The first-order chi connectivity index (χ1) is 14.0. The zero-order valence-corrected chi connectivity index (χ0v) is 17.7. The zero-order chi connectivity index (χ0) is 20.4. The summed E-state index contributed by atoms with van der Waals surface area (Å²) in [4.78, 5) is 2.48. The van der Waals surface area contributed by atoms with Gasteiger partial charge in [0.1, 0.15) is 5.75 Å². The molecule has 0 aliphatic carbocycles. The molecule has 29 heavy (non-hydrogen) atoms. The van der Waals surface area contributed by atoms with Gasteiger partial charge in [0, 0.05) is 13.1 Å². The van der Waals surface area contributed by atoms with Crippen LogP contribution in [0.25, 0.3) is 0 Å². The summed E-state index contributed by atoms with van der Waals surface area (Å²) < 4.78 is 7.37. The minimum absolute atomic E-state index is 0.0184. The van der Waals surface area contributed by atoms with Gasteiger partial charge in [-0.05, 0) is 65.9 Å². The van der Waals surface area contributed by atoms with Crippen LogP contribution in [-0.2, 0) is 18.5 Å². The second-order valence-electron chi connectivity index (χ2n) is 8.28. The van der Waals surface area contributed by atoms with Gasteiger partial charge >= 0.3 is 0 Å². The SMILES string of the molecule is CCC(C)(C)n1nnnc1[C@@H](c1ccc(OC)cc1)N1CCc2ccccc2C1. The van der Waals surface area contributed by atoms with E-state index in [1.54, 1.807) is 7.11 Å². The van der Waals surface area contributed by atoms with Crippen LogP contribution >= 0.6 is 0 Å². The van der Waals surface area contributed by atoms with Gasteiger partial charge in [-0.3, -0.25) is 4.90 Å². The van der Waals surface area contributed by atoms with E-state index >= 15 is 0 Å². The Hall–Kier alpha value is -2.73. The van der Waals surface area contributed by atoms with Gasteiger partial charge in [0.25, 0.3) is 0 Å². The summed E-state index contributed by atoms with van der Waals surface area (Å²) in [7, 11) is 1.69. The molecule has 0 spiro atoms. The van der Waals surface area contributed by atoms with E-state index in [0.717, 1.165) is 37.5 Å². The lowest BCUT2D eigenvalue weighted by atomic mass is 9.95. The second kappa shape index (κ2) is 7.95. The van der Waals surface area contributed by atoms with Crippen molar-refractivity contribution in [3.63, 3.8) is 0 Å². The van der Waals surface area contributed by atoms with Crippen LogP contribution in [0.3, 0.4) is 0 Å². The van der Waals surface area contributed by atoms with E-state index < -0.39 is 0 Å². The number of tetrazole rings is 1. The number of aromatic nitrogens is 4. The average Bonchev–Trinajstić information content (AvgIpc) is 3.25. The van der Waals surface area contributed by atoms with Crippen molar-refractivity contribution in [1.82, 2.24) is 25.1 Å². The van der Waals surface area contributed by atoms with Crippen LogP contribution in [0.5, 0.6) is 5.75 Å². The van der Waals surface area contributed by atoms with Gasteiger partial charge in [0.15, 0.2) is 5.82 Å². The van der Waals surface area contributed by atoms with Crippen LogP contribution in [-0.4, -0.2) is 38.8 Å². The van der Waals surface area contributed by atoms with Crippen molar-refractivity contribution in [3.8, 4) is 5.75 Å². The number of benzene rings is 2. The zero-order valence-electron chi connectivity index (χ0n) is 17.7. The van der Waals surface area contributed by atoms with E-state index in [9.17, 15) is 0 Å². The van der Waals surface area contributed by atoms with Crippen LogP contribution in [0, 0.1) is 0 Å². The summed E-state index contributed by atoms with van der Waals surface area (Å²) in [5.74, 6) is 1.74. The molecule has 2 heterocycles. The fourth-order valence-corrected chi connectivity index (χ4v) is 3.99. The predicted octanol–water partition coefficient (Wildman–Crippen LogP) is 3.97. The topological polar surface area (TPSA) is 56.1 Å². The highest BCUT2D eigenvalue weighted by molar-refractivity contribution is 5.34. The quantitative estimate of drug-likeness (QED) is 0.636. The summed E-state index contributed by atoms with van der Waals surface area (Å²) in [5.41, 5.74) is 3.84. The van der Waals surface area contributed by atoms with Crippen molar-refractivity contribution in [3.05, 3.63) is 71.0 Å². The van der Waals surface area contributed by atoms with Gasteiger partial charge in [-0.15, -0.1) is 5.10 Å². The van der Waals surface area contributed by atoms with Crippen molar-refractivity contribution in [2.75, 3.05) is 13.7 Å². The Labute approximate surface area is 172 Å². The first-order valence-corrected chi connectivity index (χ1v) is 10.3. The number of nitrogens with zero attached hydrogens (tertiary/aromatic N) is 5. The number of ether oxygens (including phenoxy) is 1. The monoisotopic (exact) mass is 391 g/mol. The molecule has 0 bridgehead atoms. The molecule has 0 N–H and O–H groups in total. The smallest absolute Gasteiger partial charge is 0.173 e. The summed E-state index contributed by atoms with van der Waals surface area (Å²) >= 11 is 0. The highest BCUT2D eigenvalue weighted by Crippen LogP contribution is 2.34. The molecule has 1 aliphatic heterocycles. The van der Waals surface area contributed by atoms with Crippen molar-refractivity contribution in [2.24, 2.45) is 0 Å². The molecule has 6 nitrogen and oxygen atoms in total. The summed E-state index contributed by atoms with van der Waals surface area (Å²) in [6, 6.07) is 17.0. The maximum Gasteiger partial charge on any atom is 0.173 e. The highest BCUT2D eigenvalue weighted by Gasteiger charge is 2.34. The minimum atomic E-state index is -0.156. The molecule has 1 aliphatic rings. The highest BCUT2D eigenvalue weighted by atomic mass is 16.5. The molecule has 0 amide bonds. The first kappa shape index (κ1) is 19.6. The molecule has 152 valence electrons. The van der Waals surface area contributed by atoms with E-state index in [1.807, 2.05) is 16.8 Å². The molecular weight excluding hydrogens is 362 g/mol. The van der Waals surface area contributed by atoms with Gasteiger partial charge in [-0.1, -0.05) is 43.3 Å². The fraction of sp³-hybridized carbons (Fsp3) is 0.435. The van der Waals surface area contributed by atoms with E-state index in [-0.39, 0.29) is 11.6 Å². The van der Waals surface area contributed by atoms with Gasteiger partial charge < -0.3 is 4.74 Å². The van der Waals surface area contributed by atoms with Crippen LogP contribution in [0.4, 0.5) is 0 Å². The third-order valence-electron chi connectivity index (χ3n) is 6.13. The second-order valence-corrected chi connectivity index (χ2v) is 8.28. The molecule has 0 fully saturated rings. The Morgan fingerprint density at radius 3 is 2.48 bits per heavy atom. The van der Waals surface area contributed by atoms with Crippen LogP contribution in [0.15, 0.2) is 48.5 Å². The van der Waals surface area contributed by atoms with Gasteiger partial charge in [-0.2, -0.15) is 0 Å². The molecule has 1 aromatic heterocycles.